The molecule has 0 aliphatic rings. The van der Waals surface area contributed by atoms with Crippen molar-refractivity contribution in [3.8, 4) is 0 Å². The van der Waals surface area contributed by atoms with Crippen LogP contribution in [0.3, 0.4) is 0 Å². The average molecular weight is 216 g/mol. The number of hydrogen-bond acceptors (Lipinski definition) is 3. The first-order chi connectivity index (χ1) is 6.20. The molecule has 1 aromatic carbocycles. The Labute approximate surface area is 89.7 Å². The molecule has 3 nitrogen and oxygen atoms in total. The minimum Gasteiger partial charge on any atom is -0.465 e. The third kappa shape index (κ3) is 2.47. The molecule has 14 heavy (non-hydrogen) atoms. The molecule has 0 atom stereocenters. The maximum absolute atomic E-state index is 11.2. The van der Waals surface area contributed by atoms with Crippen LogP contribution in [-0.2, 0) is 11.3 Å². The number of hydrogen-bond donors (Lipinski definition) is 1. The molecular weight excluding hydrogens is 202 g/mol. The molecule has 78 valence electrons. The van der Waals surface area contributed by atoms with Crippen molar-refractivity contribution >= 4 is 18.4 Å². The molecule has 1 aromatic rings. The SMILES string of the molecule is COC(=O)c1cccc(CN)c1C.Cl. The van der Waals surface area contributed by atoms with Gasteiger partial charge in [-0.3, -0.25) is 0 Å². The van der Waals surface area contributed by atoms with Crippen LogP contribution in [0.2, 0.25) is 0 Å². The first-order valence-electron chi connectivity index (χ1n) is 4.07. The lowest BCUT2D eigenvalue weighted by Crippen LogP contribution is -2.07. The lowest BCUT2D eigenvalue weighted by atomic mass is 10.0. The summed E-state index contributed by atoms with van der Waals surface area (Å²) in [6.07, 6.45) is 0. The Bertz CT molecular complexity index is 326. The molecule has 1 rings (SSSR count). The summed E-state index contributed by atoms with van der Waals surface area (Å²) in [6.45, 7) is 2.31. The highest BCUT2D eigenvalue weighted by atomic mass is 35.5. The molecule has 0 saturated heterocycles. The van der Waals surface area contributed by atoms with Crippen molar-refractivity contribution < 1.29 is 9.53 Å². The minimum absolute atomic E-state index is 0. The van der Waals surface area contributed by atoms with Crippen LogP contribution in [0.5, 0.6) is 0 Å². The van der Waals surface area contributed by atoms with Crippen LogP contribution in [0, 0.1) is 6.92 Å². The second-order valence-corrected chi connectivity index (χ2v) is 2.79. The average Bonchev–Trinajstić information content (AvgIpc) is 2.17. The van der Waals surface area contributed by atoms with Gasteiger partial charge in [-0.15, -0.1) is 12.4 Å². The standard InChI is InChI=1S/C10H13NO2.ClH/c1-7-8(6-11)4-3-5-9(7)10(12)13-2;/h3-5H,6,11H2,1-2H3;1H. The third-order valence-corrected chi connectivity index (χ3v) is 2.07. The van der Waals surface area contributed by atoms with E-state index in [9.17, 15) is 4.79 Å². The van der Waals surface area contributed by atoms with Crippen molar-refractivity contribution in [3.63, 3.8) is 0 Å². The van der Waals surface area contributed by atoms with E-state index in [4.69, 9.17) is 5.73 Å². The third-order valence-electron chi connectivity index (χ3n) is 2.07. The number of ether oxygens (including phenoxy) is 1. The molecule has 0 saturated carbocycles. The van der Waals surface area contributed by atoms with Gasteiger partial charge in [0, 0.05) is 6.54 Å². The van der Waals surface area contributed by atoms with Crippen LogP contribution in [0.4, 0.5) is 0 Å². The Morgan fingerprint density at radius 1 is 1.50 bits per heavy atom. The summed E-state index contributed by atoms with van der Waals surface area (Å²) in [4.78, 5) is 11.2. The van der Waals surface area contributed by atoms with Gasteiger partial charge in [-0.05, 0) is 24.1 Å². The van der Waals surface area contributed by atoms with Gasteiger partial charge >= 0.3 is 5.97 Å². The van der Waals surface area contributed by atoms with Crippen molar-refractivity contribution in [3.05, 3.63) is 34.9 Å². The maximum atomic E-state index is 11.2. The zero-order valence-corrected chi connectivity index (χ0v) is 9.06. The molecule has 0 aromatic heterocycles. The maximum Gasteiger partial charge on any atom is 0.338 e. The Hall–Kier alpha value is -1.06. The topological polar surface area (TPSA) is 52.3 Å². The van der Waals surface area contributed by atoms with Crippen molar-refractivity contribution in [1.29, 1.82) is 0 Å². The molecule has 0 unspecified atom stereocenters. The fourth-order valence-corrected chi connectivity index (χ4v) is 1.24. The molecule has 0 fully saturated rings. The van der Waals surface area contributed by atoms with Gasteiger partial charge < -0.3 is 10.5 Å². The van der Waals surface area contributed by atoms with Gasteiger partial charge in [0.05, 0.1) is 12.7 Å². The molecule has 0 amide bonds. The molecule has 4 heteroatoms. The van der Waals surface area contributed by atoms with Gasteiger partial charge in [-0.1, -0.05) is 12.1 Å². The summed E-state index contributed by atoms with van der Waals surface area (Å²) in [7, 11) is 1.37. The fourth-order valence-electron chi connectivity index (χ4n) is 1.24. The van der Waals surface area contributed by atoms with E-state index in [0.717, 1.165) is 11.1 Å². The molecule has 0 radical (unpaired) electrons. The largest absolute Gasteiger partial charge is 0.465 e. The number of esters is 1. The van der Waals surface area contributed by atoms with Crippen molar-refractivity contribution in [2.75, 3.05) is 7.11 Å². The normalized spacial score (nSPS) is 9.07. The molecular formula is C10H14ClNO2. The van der Waals surface area contributed by atoms with Crippen LogP contribution >= 0.6 is 12.4 Å². The fraction of sp³-hybridized carbons (Fsp3) is 0.300. The van der Waals surface area contributed by atoms with E-state index in [0.29, 0.717) is 12.1 Å². The van der Waals surface area contributed by atoms with Gasteiger partial charge in [-0.2, -0.15) is 0 Å². The van der Waals surface area contributed by atoms with E-state index in [1.165, 1.54) is 7.11 Å². The van der Waals surface area contributed by atoms with Crippen molar-refractivity contribution in [2.45, 2.75) is 13.5 Å². The zero-order valence-electron chi connectivity index (χ0n) is 8.24. The van der Waals surface area contributed by atoms with Gasteiger partial charge in [0.15, 0.2) is 0 Å². The molecule has 0 bridgehead atoms. The molecule has 0 spiro atoms. The molecule has 0 heterocycles. The minimum atomic E-state index is -0.312. The number of methoxy groups -OCH3 is 1. The summed E-state index contributed by atoms with van der Waals surface area (Å²) in [5, 5.41) is 0. The predicted molar refractivity (Wildman–Crippen MR) is 57.7 cm³/mol. The smallest absolute Gasteiger partial charge is 0.338 e. The van der Waals surface area contributed by atoms with E-state index >= 15 is 0 Å². The lowest BCUT2D eigenvalue weighted by molar-refractivity contribution is 0.0600. The molecule has 0 aliphatic heterocycles. The second kappa shape index (κ2) is 5.62. The van der Waals surface area contributed by atoms with Gasteiger partial charge in [0.2, 0.25) is 0 Å². The van der Waals surface area contributed by atoms with Gasteiger partial charge in [-0.25, -0.2) is 4.79 Å². The number of carbonyl (C=O) groups is 1. The molecule has 2 N–H and O–H groups in total. The first-order valence-corrected chi connectivity index (χ1v) is 4.07. The summed E-state index contributed by atoms with van der Waals surface area (Å²) in [5.41, 5.74) is 7.97. The van der Waals surface area contributed by atoms with E-state index in [-0.39, 0.29) is 18.4 Å². The number of rotatable bonds is 2. The van der Waals surface area contributed by atoms with E-state index in [1.54, 1.807) is 12.1 Å². The summed E-state index contributed by atoms with van der Waals surface area (Å²) in [5.74, 6) is -0.312. The molecule has 0 aliphatic carbocycles. The van der Waals surface area contributed by atoms with Gasteiger partial charge in [0.1, 0.15) is 0 Å². The number of nitrogens with two attached hydrogens (primary N) is 1. The Morgan fingerprint density at radius 3 is 2.64 bits per heavy atom. The van der Waals surface area contributed by atoms with Crippen LogP contribution < -0.4 is 5.73 Å². The summed E-state index contributed by atoms with van der Waals surface area (Å²) < 4.78 is 4.64. The quantitative estimate of drug-likeness (QED) is 0.764. The number of halogens is 1. The highest BCUT2D eigenvalue weighted by Crippen LogP contribution is 2.13. The van der Waals surface area contributed by atoms with E-state index < -0.39 is 0 Å². The monoisotopic (exact) mass is 215 g/mol. The van der Waals surface area contributed by atoms with Crippen molar-refractivity contribution in [1.82, 2.24) is 0 Å². The van der Waals surface area contributed by atoms with Crippen LogP contribution in [0.1, 0.15) is 21.5 Å². The summed E-state index contributed by atoms with van der Waals surface area (Å²) >= 11 is 0. The summed E-state index contributed by atoms with van der Waals surface area (Å²) in [6, 6.07) is 5.45. The van der Waals surface area contributed by atoms with Crippen LogP contribution in [-0.4, -0.2) is 13.1 Å². The highest BCUT2D eigenvalue weighted by Gasteiger charge is 2.10. The Balaban J connectivity index is 0.00000169. The highest BCUT2D eigenvalue weighted by molar-refractivity contribution is 5.91. The number of benzene rings is 1. The van der Waals surface area contributed by atoms with Crippen LogP contribution in [0.15, 0.2) is 18.2 Å². The lowest BCUT2D eigenvalue weighted by Gasteiger charge is -2.07. The Morgan fingerprint density at radius 2 is 2.14 bits per heavy atom. The van der Waals surface area contributed by atoms with E-state index in [1.807, 2.05) is 13.0 Å². The number of carbonyl (C=O) groups excluding carboxylic acids is 1. The van der Waals surface area contributed by atoms with Gasteiger partial charge in [0.25, 0.3) is 0 Å². The first kappa shape index (κ1) is 12.9. The van der Waals surface area contributed by atoms with Crippen molar-refractivity contribution in [2.24, 2.45) is 5.73 Å². The second-order valence-electron chi connectivity index (χ2n) is 2.79. The Kier molecular flexibility index (Phi) is 5.20. The van der Waals surface area contributed by atoms with E-state index in [2.05, 4.69) is 4.74 Å². The van der Waals surface area contributed by atoms with Crippen LogP contribution in [0.25, 0.3) is 0 Å². The zero-order chi connectivity index (χ0) is 9.84. The predicted octanol–water partition coefficient (Wildman–Crippen LogP) is 1.66.